The lowest BCUT2D eigenvalue weighted by atomic mass is 10.2. The molecule has 2 unspecified atom stereocenters. The summed E-state index contributed by atoms with van der Waals surface area (Å²) in [5.41, 5.74) is 0.448. The van der Waals surface area contributed by atoms with E-state index >= 15 is 0 Å². The Morgan fingerprint density at radius 2 is 1.71 bits per heavy atom. The summed E-state index contributed by atoms with van der Waals surface area (Å²) in [6, 6.07) is 8.03. The summed E-state index contributed by atoms with van der Waals surface area (Å²) >= 11 is 0. The average Bonchev–Trinajstić information content (AvgIpc) is 3.08. The minimum Gasteiger partial charge on any atom is -0.488 e. The van der Waals surface area contributed by atoms with Gasteiger partial charge in [0, 0.05) is 17.8 Å². The lowest BCUT2D eigenvalue weighted by Gasteiger charge is -2.26. The zero-order chi connectivity index (χ0) is 20.5. The molecule has 0 saturated carbocycles. The van der Waals surface area contributed by atoms with Gasteiger partial charge in [-0.05, 0) is 24.3 Å². The number of benzene rings is 2. The summed E-state index contributed by atoms with van der Waals surface area (Å²) in [6.45, 7) is -0.761. The van der Waals surface area contributed by atoms with Crippen molar-refractivity contribution < 1.29 is 35.8 Å². The Balaban J connectivity index is 1.75. The van der Waals surface area contributed by atoms with Crippen LogP contribution in [-0.4, -0.2) is 31.7 Å². The molecule has 10 heteroatoms. The average molecular weight is 402 g/mol. The Morgan fingerprint density at radius 1 is 1.07 bits per heavy atom. The van der Waals surface area contributed by atoms with Crippen molar-refractivity contribution in [1.29, 1.82) is 5.26 Å². The van der Waals surface area contributed by atoms with E-state index in [1.54, 1.807) is 0 Å². The first-order valence-electron chi connectivity index (χ1n) is 7.95. The zero-order valence-electron chi connectivity index (χ0n) is 14.0. The van der Waals surface area contributed by atoms with Gasteiger partial charge in [-0.25, -0.2) is 13.2 Å². The van der Waals surface area contributed by atoms with Crippen molar-refractivity contribution >= 4 is 5.69 Å². The van der Waals surface area contributed by atoms with Crippen LogP contribution in [0.5, 0.6) is 5.75 Å². The second-order valence-corrected chi connectivity index (χ2v) is 5.97. The maximum absolute atomic E-state index is 13.6. The van der Waals surface area contributed by atoms with Crippen molar-refractivity contribution in [3.8, 4) is 11.8 Å². The minimum atomic E-state index is -4.73. The van der Waals surface area contributed by atoms with E-state index < -0.39 is 48.3 Å². The van der Waals surface area contributed by atoms with Crippen LogP contribution in [0.25, 0.3) is 0 Å². The van der Waals surface area contributed by atoms with E-state index in [9.17, 15) is 26.3 Å². The molecule has 0 bridgehead atoms. The molecule has 1 aliphatic heterocycles. The second kappa shape index (κ2) is 7.59. The number of anilines is 1. The number of rotatable bonds is 4. The summed E-state index contributed by atoms with van der Waals surface area (Å²) in [7, 11) is 0. The number of nitrogens with zero attached hydrogens (tertiary/aromatic N) is 2. The summed E-state index contributed by atoms with van der Waals surface area (Å²) in [5.74, 6) is -4.58. The Hall–Kier alpha value is -2.93. The molecule has 148 valence electrons. The third kappa shape index (κ3) is 4.14. The van der Waals surface area contributed by atoms with Gasteiger partial charge in [-0.2, -0.15) is 18.4 Å². The number of nitriles is 1. The van der Waals surface area contributed by atoms with Crippen LogP contribution in [0.3, 0.4) is 0 Å². The summed E-state index contributed by atoms with van der Waals surface area (Å²) in [4.78, 5) is 0.927. The van der Waals surface area contributed by atoms with Gasteiger partial charge in [0.05, 0.1) is 18.2 Å². The van der Waals surface area contributed by atoms with E-state index in [0.29, 0.717) is 6.07 Å². The monoisotopic (exact) mass is 402 g/mol. The maximum atomic E-state index is 13.6. The van der Waals surface area contributed by atoms with Crippen LogP contribution in [0.2, 0.25) is 0 Å². The van der Waals surface area contributed by atoms with E-state index in [-0.39, 0.29) is 23.9 Å². The molecule has 2 atom stereocenters. The molecular formula is C18H12F6N2O2. The normalized spacial score (nSPS) is 19.5. The molecular weight excluding hydrogens is 390 g/mol. The van der Waals surface area contributed by atoms with Gasteiger partial charge in [-0.1, -0.05) is 0 Å². The minimum absolute atomic E-state index is 0.169. The summed E-state index contributed by atoms with van der Waals surface area (Å²) in [6.07, 6.45) is -8.12. The lowest BCUT2D eigenvalue weighted by molar-refractivity contribution is -0.215. The van der Waals surface area contributed by atoms with Gasteiger partial charge >= 0.3 is 6.18 Å². The van der Waals surface area contributed by atoms with Gasteiger partial charge in [-0.3, -0.25) is 0 Å². The quantitative estimate of drug-likeness (QED) is 0.570. The molecule has 4 nitrogen and oxygen atoms in total. The fourth-order valence-corrected chi connectivity index (χ4v) is 2.73. The zero-order valence-corrected chi connectivity index (χ0v) is 14.0. The van der Waals surface area contributed by atoms with Crippen molar-refractivity contribution in [3.05, 3.63) is 59.4 Å². The molecule has 0 amide bonds. The molecule has 1 heterocycles. The third-order valence-electron chi connectivity index (χ3n) is 4.01. The van der Waals surface area contributed by atoms with Crippen LogP contribution in [0.1, 0.15) is 5.56 Å². The highest BCUT2D eigenvalue weighted by Crippen LogP contribution is 2.35. The van der Waals surface area contributed by atoms with E-state index in [4.69, 9.17) is 14.7 Å². The van der Waals surface area contributed by atoms with Gasteiger partial charge in [0.1, 0.15) is 12.7 Å². The van der Waals surface area contributed by atoms with Crippen molar-refractivity contribution in [2.24, 2.45) is 0 Å². The van der Waals surface area contributed by atoms with Crippen LogP contribution in [0.15, 0.2) is 36.4 Å². The first-order valence-corrected chi connectivity index (χ1v) is 7.95. The van der Waals surface area contributed by atoms with E-state index in [1.807, 2.05) is 6.07 Å². The number of ether oxygens (including phenoxy) is 2. The Kier molecular flexibility index (Phi) is 5.38. The molecule has 1 fully saturated rings. The highest BCUT2D eigenvalue weighted by molar-refractivity contribution is 5.51. The first-order chi connectivity index (χ1) is 13.2. The number of hydrogen-bond donors (Lipinski definition) is 0. The summed E-state index contributed by atoms with van der Waals surface area (Å²) < 4.78 is 89.7. The topological polar surface area (TPSA) is 45.5 Å². The molecule has 2 aromatic carbocycles. The predicted octanol–water partition coefficient (Wildman–Crippen LogP) is 4.15. The van der Waals surface area contributed by atoms with Gasteiger partial charge in [-0.15, -0.1) is 0 Å². The lowest BCUT2D eigenvalue weighted by Crippen LogP contribution is -2.42. The van der Waals surface area contributed by atoms with Crippen LogP contribution in [-0.2, 0) is 4.74 Å². The van der Waals surface area contributed by atoms with Gasteiger partial charge in [0.2, 0.25) is 6.23 Å². The third-order valence-corrected chi connectivity index (χ3v) is 4.01. The molecule has 1 saturated heterocycles. The van der Waals surface area contributed by atoms with Crippen LogP contribution >= 0.6 is 0 Å². The Morgan fingerprint density at radius 3 is 2.32 bits per heavy atom. The maximum Gasteiger partial charge on any atom is 0.433 e. The van der Waals surface area contributed by atoms with Crippen molar-refractivity contribution in [2.45, 2.75) is 18.5 Å². The van der Waals surface area contributed by atoms with Gasteiger partial charge in [0.25, 0.3) is 0 Å². The van der Waals surface area contributed by atoms with Crippen molar-refractivity contribution in [2.75, 3.05) is 18.1 Å². The van der Waals surface area contributed by atoms with Crippen LogP contribution < -0.4 is 9.64 Å². The fourth-order valence-electron chi connectivity index (χ4n) is 2.73. The number of halogens is 6. The standard InChI is InChI=1S/C18H12F6N2O2/c19-13-5-15(21)16(6-14(13)20)27-9-12-8-26(17(28-12)18(22,23)24)11-3-1-10(7-25)2-4-11/h1-6,12,17H,8-9H2. The smallest absolute Gasteiger partial charge is 0.433 e. The van der Waals surface area contributed by atoms with E-state index in [2.05, 4.69) is 0 Å². The molecule has 3 rings (SSSR count). The molecule has 2 aromatic rings. The Bertz CT molecular complexity index is 895. The van der Waals surface area contributed by atoms with Crippen molar-refractivity contribution in [3.63, 3.8) is 0 Å². The molecule has 0 aliphatic carbocycles. The van der Waals surface area contributed by atoms with E-state index in [0.717, 1.165) is 4.90 Å². The molecule has 0 aromatic heterocycles. The van der Waals surface area contributed by atoms with Crippen LogP contribution in [0, 0.1) is 28.8 Å². The highest BCUT2D eigenvalue weighted by atomic mass is 19.4. The molecule has 0 spiro atoms. The molecule has 0 N–H and O–H groups in total. The second-order valence-electron chi connectivity index (χ2n) is 5.97. The first kappa shape index (κ1) is 19.8. The SMILES string of the molecule is N#Cc1ccc(N2CC(COc3cc(F)c(F)cc3F)OC2C(F)(F)F)cc1. The highest BCUT2D eigenvalue weighted by Gasteiger charge is 2.51. The van der Waals surface area contributed by atoms with E-state index in [1.165, 1.54) is 24.3 Å². The largest absolute Gasteiger partial charge is 0.488 e. The molecule has 28 heavy (non-hydrogen) atoms. The molecule has 1 aliphatic rings. The Labute approximate surface area is 155 Å². The van der Waals surface area contributed by atoms with Crippen molar-refractivity contribution in [1.82, 2.24) is 0 Å². The number of alkyl halides is 3. The van der Waals surface area contributed by atoms with Crippen LogP contribution in [0.4, 0.5) is 32.0 Å². The van der Waals surface area contributed by atoms with Gasteiger partial charge < -0.3 is 14.4 Å². The predicted molar refractivity (Wildman–Crippen MR) is 85.0 cm³/mol. The molecule has 0 radical (unpaired) electrons. The number of hydrogen-bond acceptors (Lipinski definition) is 4. The summed E-state index contributed by atoms with van der Waals surface area (Å²) in [5, 5.41) is 8.79. The fraction of sp³-hybridized carbons (Fsp3) is 0.278. The van der Waals surface area contributed by atoms with Gasteiger partial charge in [0.15, 0.2) is 23.2 Å².